The standard InChI is InChI=1S/C6H13NO/c1-2-5-8-6-3-4-7/h2,5H,3-4,6-7H2,1H3. The van der Waals surface area contributed by atoms with Crippen LogP contribution in [0.15, 0.2) is 12.3 Å². The number of nitrogens with two attached hydrogens (primary N) is 1. The van der Waals surface area contributed by atoms with E-state index in [4.69, 9.17) is 10.5 Å². The van der Waals surface area contributed by atoms with Crippen LogP contribution in [0.2, 0.25) is 0 Å². The molecule has 48 valence electrons. The van der Waals surface area contributed by atoms with Crippen LogP contribution in [0.4, 0.5) is 0 Å². The SMILES string of the molecule is CC=COCCCN. The molecular formula is C6H13NO. The Bertz CT molecular complexity index is 61.5. The molecule has 0 aliphatic rings. The molecule has 2 nitrogen and oxygen atoms in total. The zero-order valence-corrected chi connectivity index (χ0v) is 5.26. The van der Waals surface area contributed by atoms with E-state index in [0.29, 0.717) is 6.54 Å². The second-order valence-electron chi connectivity index (χ2n) is 1.48. The van der Waals surface area contributed by atoms with E-state index in [0.717, 1.165) is 13.0 Å². The number of hydrogen-bond donors (Lipinski definition) is 1. The van der Waals surface area contributed by atoms with Crippen molar-refractivity contribution in [2.45, 2.75) is 13.3 Å². The van der Waals surface area contributed by atoms with Crippen LogP contribution in [0, 0.1) is 0 Å². The first-order valence-electron chi connectivity index (χ1n) is 2.84. The largest absolute Gasteiger partial charge is 0.501 e. The van der Waals surface area contributed by atoms with Crippen molar-refractivity contribution in [2.75, 3.05) is 13.2 Å². The molecule has 0 unspecified atom stereocenters. The van der Waals surface area contributed by atoms with Crippen molar-refractivity contribution in [3.63, 3.8) is 0 Å². The van der Waals surface area contributed by atoms with Gasteiger partial charge in [0.25, 0.3) is 0 Å². The van der Waals surface area contributed by atoms with Gasteiger partial charge in [-0.1, -0.05) is 6.08 Å². The van der Waals surface area contributed by atoms with Gasteiger partial charge < -0.3 is 10.5 Å². The molecule has 0 saturated carbocycles. The first-order chi connectivity index (χ1) is 3.91. The highest BCUT2D eigenvalue weighted by Gasteiger charge is 1.77. The molecule has 0 fully saturated rings. The van der Waals surface area contributed by atoms with Gasteiger partial charge in [-0.05, 0) is 19.9 Å². The molecule has 0 bridgehead atoms. The molecule has 0 rings (SSSR count). The lowest BCUT2D eigenvalue weighted by atomic mass is 10.5. The molecule has 0 aliphatic heterocycles. The Morgan fingerprint density at radius 1 is 1.62 bits per heavy atom. The van der Waals surface area contributed by atoms with Crippen molar-refractivity contribution in [1.82, 2.24) is 0 Å². The van der Waals surface area contributed by atoms with E-state index < -0.39 is 0 Å². The van der Waals surface area contributed by atoms with Crippen LogP contribution in [0.3, 0.4) is 0 Å². The lowest BCUT2D eigenvalue weighted by Gasteiger charge is -1.94. The van der Waals surface area contributed by atoms with Gasteiger partial charge >= 0.3 is 0 Å². The van der Waals surface area contributed by atoms with Crippen molar-refractivity contribution < 1.29 is 4.74 Å². The van der Waals surface area contributed by atoms with Crippen LogP contribution >= 0.6 is 0 Å². The quantitative estimate of drug-likeness (QED) is 0.436. The molecule has 0 aromatic rings. The number of allylic oxidation sites excluding steroid dienone is 1. The minimum absolute atomic E-state index is 0.706. The molecule has 0 radical (unpaired) electrons. The van der Waals surface area contributed by atoms with E-state index in [2.05, 4.69) is 0 Å². The third-order valence-corrected chi connectivity index (χ3v) is 0.699. The van der Waals surface area contributed by atoms with Gasteiger partial charge in [0, 0.05) is 0 Å². The van der Waals surface area contributed by atoms with E-state index in [1.807, 2.05) is 13.0 Å². The summed E-state index contributed by atoms with van der Waals surface area (Å²) in [4.78, 5) is 0. The number of ether oxygens (including phenoxy) is 1. The molecule has 0 saturated heterocycles. The van der Waals surface area contributed by atoms with Gasteiger partial charge in [-0.2, -0.15) is 0 Å². The molecule has 0 amide bonds. The highest BCUT2D eigenvalue weighted by Crippen LogP contribution is 1.79. The molecule has 2 N–H and O–H groups in total. The fraction of sp³-hybridized carbons (Fsp3) is 0.667. The smallest absolute Gasteiger partial charge is 0.0885 e. The molecule has 0 aliphatic carbocycles. The Morgan fingerprint density at radius 3 is 2.88 bits per heavy atom. The maximum Gasteiger partial charge on any atom is 0.0885 e. The van der Waals surface area contributed by atoms with E-state index in [-0.39, 0.29) is 0 Å². The Hall–Kier alpha value is -0.500. The van der Waals surface area contributed by atoms with Crippen molar-refractivity contribution >= 4 is 0 Å². The molecule has 0 aromatic heterocycles. The average Bonchev–Trinajstić information content (AvgIpc) is 1.81. The fourth-order valence-corrected chi connectivity index (χ4v) is 0.331. The lowest BCUT2D eigenvalue weighted by molar-refractivity contribution is 0.246. The summed E-state index contributed by atoms with van der Waals surface area (Å²) in [5, 5.41) is 0. The first kappa shape index (κ1) is 7.50. The summed E-state index contributed by atoms with van der Waals surface area (Å²) >= 11 is 0. The van der Waals surface area contributed by atoms with Gasteiger partial charge in [0.05, 0.1) is 12.9 Å². The summed E-state index contributed by atoms with van der Waals surface area (Å²) in [6, 6.07) is 0. The monoisotopic (exact) mass is 115 g/mol. The molecule has 0 aromatic carbocycles. The minimum atomic E-state index is 0.706. The summed E-state index contributed by atoms with van der Waals surface area (Å²) in [7, 11) is 0. The number of rotatable bonds is 4. The Labute approximate surface area is 50.3 Å². The summed E-state index contributed by atoms with van der Waals surface area (Å²) in [5.41, 5.74) is 5.21. The van der Waals surface area contributed by atoms with Crippen molar-refractivity contribution in [3.8, 4) is 0 Å². The van der Waals surface area contributed by atoms with E-state index in [9.17, 15) is 0 Å². The molecule has 0 heterocycles. The van der Waals surface area contributed by atoms with Gasteiger partial charge in [-0.3, -0.25) is 0 Å². The predicted molar refractivity (Wildman–Crippen MR) is 34.4 cm³/mol. The lowest BCUT2D eigenvalue weighted by Crippen LogP contribution is -2.01. The van der Waals surface area contributed by atoms with Crippen LogP contribution in [-0.2, 0) is 4.74 Å². The van der Waals surface area contributed by atoms with Gasteiger partial charge in [0.15, 0.2) is 0 Å². The third-order valence-electron chi connectivity index (χ3n) is 0.699. The topological polar surface area (TPSA) is 35.2 Å². The summed E-state index contributed by atoms with van der Waals surface area (Å²) in [6.45, 7) is 3.36. The predicted octanol–water partition coefficient (Wildman–Crippen LogP) is 0.885. The normalized spacial score (nSPS) is 10.2. The Morgan fingerprint density at radius 2 is 2.38 bits per heavy atom. The summed E-state index contributed by atoms with van der Waals surface area (Å²) in [6.07, 6.45) is 4.47. The Kier molecular flexibility index (Phi) is 6.09. The molecule has 2 heteroatoms. The third kappa shape index (κ3) is 5.50. The zero-order valence-electron chi connectivity index (χ0n) is 5.26. The zero-order chi connectivity index (χ0) is 6.24. The highest BCUT2D eigenvalue weighted by molar-refractivity contribution is 4.64. The van der Waals surface area contributed by atoms with Crippen molar-refractivity contribution in [2.24, 2.45) is 5.73 Å². The summed E-state index contributed by atoms with van der Waals surface area (Å²) < 4.78 is 4.96. The van der Waals surface area contributed by atoms with Gasteiger partial charge in [0.2, 0.25) is 0 Å². The van der Waals surface area contributed by atoms with Crippen molar-refractivity contribution in [3.05, 3.63) is 12.3 Å². The fourth-order valence-electron chi connectivity index (χ4n) is 0.331. The average molecular weight is 115 g/mol. The van der Waals surface area contributed by atoms with Crippen LogP contribution in [0.5, 0.6) is 0 Å². The van der Waals surface area contributed by atoms with Crippen LogP contribution in [0.1, 0.15) is 13.3 Å². The van der Waals surface area contributed by atoms with E-state index >= 15 is 0 Å². The summed E-state index contributed by atoms with van der Waals surface area (Å²) in [5.74, 6) is 0. The van der Waals surface area contributed by atoms with Crippen molar-refractivity contribution in [1.29, 1.82) is 0 Å². The maximum atomic E-state index is 5.21. The van der Waals surface area contributed by atoms with Gasteiger partial charge in [-0.15, -0.1) is 0 Å². The van der Waals surface area contributed by atoms with Gasteiger partial charge in [-0.25, -0.2) is 0 Å². The first-order valence-corrected chi connectivity index (χ1v) is 2.84. The second kappa shape index (κ2) is 6.50. The molecular weight excluding hydrogens is 102 g/mol. The van der Waals surface area contributed by atoms with E-state index in [1.54, 1.807) is 6.26 Å². The molecule has 0 spiro atoms. The minimum Gasteiger partial charge on any atom is -0.501 e. The van der Waals surface area contributed by atoms with Gasteiger partial charge in [0.1, 0.15) is 0 Å². The molecule has 0 atom stereocenters. The highest BCUT2D eigenvalue weighted by atomic mass is 16.5. The van der Waals surface area contributed by atoms with E-state index in [1.165, 1.54) is 0 Å². The number of hydrogen-bond acceptors (Lipinski definition) is 2. The Balaban J connectivity index is 2.72. The van der Waals surface area contributed by atoms with Crippen LogP contribution in [-0.4, -0.2) is 13.2 Å². The van der Waals surface area contributed by atoms with Crippen LogP contribution < -0.4 is 5.73 Å². The van der Waals surface area contributed by atoms with Crippen LogP contribution in [0.25, 0.3) is 0 Å². The maximum absolute atomic E-state index is 5.21. The molecule has 8 heavy (non-hydrogen) atoms. The second-order valence-corrected chi connectivity index (χ2v) is 1.48.